The summed E-state index contributed by atoms with van der Waals surface area (Å²) >= 11 is 1.56. The summed E-state index contributed by atoms with van der Waals surface area (Å²) in [5, 5.41) is 3.87. The molecular weight excluding hydrogens is 410 g/mol. The van der Waals surface area contributed by atoms with Crippen LogP contribution >= 0.6 is 11.3 Å². The number of ether oxygens (including phenoxy) is 1. The minimum atomic E-state index is -0.104. The Hall–Kier alpha value is -2.22. The molecule has 3 aliphatic heterocycles. The molecule has 31 heavy (non-hydrogen) atoms. The van der Waals surface area contributed by atoms with Gasteiger partial charge in [0, 0.05) is 44.2 Å². The van der Waals surface area contributed by atoms with Crippen LogP contribution in [0.25, 0.3) is 0 Å². The lowest BCUT2D eigenvalue weighted by molar-refractivity contribution is -0.148. The summed E-state index contributed by atoms with van der Waals surface area (Å²) in [4.78, 5) is 32.2. The Bertz CT molecular complexity index is 903. The lowest BCUT2D eigenvalue weighted by Crippen LogP contribution is -2.68. The molecular formula is C24H29N3O3S. The Balaban J connectivity index is 1.27. The molecule has 2 amide bonds. The Morgan fingerprint density at radius 2 is 1.97 bits per heavy atom. The Labute approximate surface area is 187 Å². The van der Waals surface area contributed by atoms with Gasteiger partial charge in [0.15, 0.2) is 0 Å². The third kappa shape index (κ3) is 4.14. The van der Waals surface area contributed by atoms with Gasteiger partial charge in [-0.15, -0.1) is 0 Å². The van der Waals surface area contributed by atoms with Crippen molar-refractivity contribution in [2.45, 2.75) is 37.4 Å². The topological polar surface area (TPSA) is 53.1 Å². The number of hydrogen-bond donors (Lipinski definition) is 0. The molecule has 3 saturated heterocycles. The molecule has 4 heterocycles. The lowest BCUT2D eigenvalue weighted by atomic mass is 9.87. The van der Waals surface area contributed by atoms with E-state index in [1.807, 2.05) is 44.8 Å². The first-order chi connectivity index (χ1) is 15.1. The molecule has 0 aliphatic carbocycles. The fourth-order valence-corrected chi connectivity index (χ4v) is 5.94. The zero-order valence-electron chi connectivity index (χ0n) is 17.7. The number of rotatable bonds is 4. The van der Waals surface area contributed by atoms with Crippen molar-refractivity contribution in [3.05, 3.63) is 58.3 Å². The van der Waals surface area contributed by atoms with Crippen molar-refractivity contribution in [2.75, 3.05) is 39.4 Å². The van der Waals surface area contributed by atoms with Crippen molar-refractivity contribution < 1.29 is 14.3 Å². The summed E-state index contributed by atoms with van der Waals surface area (Å²) in [5.74, 6) is 0.320. The second-order valence-electron chi connectivity index (χ2n) is 8.93. The van der Waals surface area contributed by atoms with Crippen molar-refractivity contribution >= 4 is 23.2 Å². The average Bonchev–Trinajstić information content (AvgIpc) is 3.50. The summed E-state index contributed by atoms with van der Waals surface area (Å²) < 4.78 is 5.86. The van der Waals surface area contributed by atoms with E-state index in [1.165, 1.54) is 5.56 Å². The molecule has 5 rings (SSSR count). The fourth-order valence-electron chi connectivity index (χ4n) is 5.31. The molecule has 7 heteroatoms. The van der Waals surface area contributed by atoms with Crippen LogP contribution in [0.1, 0.15) is 35.2 Å². The maximum Gasteiger partial charge on any atom is 0.254 e. The molecule has 1 unspecified atom stereocenters. The zero-order chi connectivity index (χ0) is 21.3. The molecule has 2 aromatic rings. The first kappa shape index (κ1) is 20.7. The van der Waals surface area contributed by atoms with E-state index in [0.717, 1.165) is 51.1 Å². The largest absolute Gasteiger partial charge is 0.379 e. The number of benzene rings is 1. The van der Waals surface area contributed by atoms with Gasteiger partial charge in [-0.1, -0.05) is 30.3 Å². The summed E-state index contributed by atoms with van der Waals surface area (Å²) in [6.07, 6.45) is 2.77. The Kier molecular flexibility index (Phi) is 5.82. The molecule has 1 aromatic heterocycles. The number of hydrogen-bond acceptors (Lipinski definition) is 5. The SMILES string of the molecule is O=C1CN(C2CCN(C(=O)c3ccsc3)CC2)C2(CCOC2)CN1Cc1ccccc1. The quantitative estimate of drug-likeness (QED) is 0.735. The number of carbonyl (C=O) groups is 2. The van der Waals surface area contributed by atoms with Crippen LogP contribution in [0.15, 0.2) is 47.2 Å². The second-order valence-corrected chi connectivity index (χ2v) is 9.71. The maximum absolute atomic E-state index is 13.1. The van der Waals surface area contributed by atoms with E-state index in [9.17, 15) is 9.59 Å². The van der Waals surface area contributed by atoms with Crippen LogP contribution in [-0.4, -0.2) is 77.5 Å². The number of nitrogens with zero attached hydrogens (tertiary/aromatic N) is 3. The molecule has 0 radical (unpaired) electrons. The summed E-state index contributed by atoms with van der Waals surface area (Å²) in [6, 6.07) is 12.4. The van der Waals surface area contributed by atoms with Crippen LogP contribution in [0.5, 0.6) is 0 Å². The van der Waals surface area contributed by atoms with Gasteiger partial charge in [-0.2, -0.15) is 11.3 Å². The van der Waals surface area contributed by atoms with Gasteiger partial charge >= 0.3 is 0 Å². The first-order valence-electron chi connectivity index (χ1n) is 11.1. The highest BCUT2D eigenvalue weighted by Gasteiger charge is 2.50. The Morgan fingerprint density at radius 3 is 2.65 bits per heavy atom. The number of piperidine rings is 1. The normalized spacial score (nSPS) is 25.5. The van der Waals surface area contributed by atoms with Gasteiger partial charge in [0.25, 0.3) is 5.91 Å². The van der Waals surface area contributed by atoms with Gasteiger partial charge in [0.05, 0.1) is 24.3 Å². The van der Waals surface area contributed by atoms with E-state index >= 15 is 0 Å². The van der Waals surface area contributed by atoms with E-state index in [4.69, 9.17) is 4.74 Å². The molecule has 1 atom stereocenters. The van der Waals surface area contributed by atoms with Crippen LogP contribution in [0.3, 0.4) is 0 Å². The van der Waals surface area contributed by atoms with E-state index in [-0.39, 0.29) is 17.4 Å². The predicted molar refractivity (Wildman–Crippen MR) is 120 cm³/mol. The minimum Gasteiger partial charge on any atom is -0.379 e. The molecule has 3 aliphatic rings. The van der Waals surface area contributed by atoms with Gasteiger partial charge in [-0.25, -0.2) is 0 Å². The highest BCUT2D eigenvalue weighted by Crippen LogP contribution is 2.36. The summed E-state index contributed by atoms with van der Waals surface area (Å²) in [6.45, 7) is 4.74. The standard InChI is InChI=1S/C24H29N3O3S/c28-22-15-27(21-6-10-25(11-7-21)23(29)20-8-13-31-16-20)24(9-12-30-18-24)17-26(22)14-19-4-2-1-3-5-19/h1-5,8,13,16,21H,6-7,9-12,14-15,17-18H2. The molecule has 3 fully saturated rings. The predicted octanol–water partition coefficient (Wildman–Crippen LogP) is 2.86. The molecule has 0 bridgehead atoms. The van der Waals surface area contributed by atoms with Crippen LogP contribution < -0.4 is 0 Å². The van der Waals surface area contributed by atoms with Crippen LogP contribution in [0.4, 0.5) is 0 Å². The van der Waals surface area contributed by atoms with E-state index in [1.54, 1.807) is 11.3 Å². The fraction of sp³-hybridized carbons (Fsp3) is 0.500. The van der Waals surface area contributed by atoms with Gasteiger partial charge in [-0.05, 0) is 36.3 Å². The van der Waals surface area contributed by atoms with Crippen molar-refractivity contribution in [2.24, 2.45) is 0 Å². The second kappa shape index (κ2) is 8.73. The number of amides is 2. The highest BCUT2D eigenvalue weighted by atomic mass is 32.1. The number of carbonyl (C=O) groups excluding carboxylic acids is 2. The van der Waals surface area contributed by atoms with Gasteiger partial charge < -0.3 is 14.5 Å². The monoisotopic (exact) mass is 439 g/mol. The molecule has 0 N–H and O–H groups in total. The third-order valence-corrected chi connectivity index (χ3v) is 7.70. The molecule has 0 saturated carbocycles. The maximum atomic E-state index is 13.1. The van der Waals surface area contributed by atoms with Crippen LogP contribution in [-0.2, 0) is 16.1 Å². The zero-order valence-corrected chi connectivity index (χ0v) is 18.6. The van der Waals surface area contributed by atoms with Gasteiger partial charge in [0.2, 0.25) is 5.91 Å². The number of likely N-dealkylation sites (tertiary alicyclic amines) is 1. The van der Waals surface area contributed by atoms with E-state index in [0.29, 0.717) is 25.7 Å². The number of thiophene rings is 1. The van der Waals surface area contributed by atoms with Crippen LogP contribution in [0, 0.1) is 0 Å². The summed E-state index contributed by atoms with van der Waals surface area (Å²) in [5.41, 5.74) is 1.85. The Morgan fingerprint density at radius 1 is 1.16 bits per heavy atom. The van der Waals surface area contributed by atoms with E-state index < -0.39 is 0 Å². The molecule has 164 valence electrons. The molecule has 1 aromatic carbocycles. The van der Waals surface area contributed by atoms with Crippen molar-refractivity contribution in [1.29, 1.82) is 0 Å². The highest BCUT2D eigenvalue weighted by molar-refractivity contribution is 7.08. The van der Waals surface area contributed by atoms with Crippen molar-refractivity contribution in [1.82, 2.24) is 14.7 Å². The van der Waals surface area contributed by atoms with Gasteiger partial charge in [-0.3, -0.25) is 14.5 Å². The van der Waals surface area contributed by atoms with Crippen LogP contribution in [0.2, 0.25) is 0 Å². The third-order valence-electron chi connectivity index (χ3n) is 7.01. The molecule has 1 spiro atoms. The smallest absolute Gasteiger partial charge is 0.254 e. The first-order valence-corrected chi connectivity index (χ1v) is 12.1. The minimum absolute atomic E-state index is 0.104. The van der Waals surface area contributed by atoms with Gasteiger partial charge in [0.1, 0.15) is 0 Å². The van der Waals surface area contributed by atoms with E-state index in [2.05, 4.69) is 17.0 Å². The van der Waals surface area contributed by atoms with Crippen molar-refractivity contribution in [3.8, 4) is 0 Å². The average molecular weight is 440 g/mol. The van der Waals surface area contributed by atoms with Crippen molar-refractivity contribution in [3.63, 3.8) is 0 Å². The molecule has 6 nitrogen and oxygen atoms in total. The number of piperazine rings is 1. The lowest BCUT2D eigenvalue weighted by Gasteiger charge is -2.52. The summed E-state index contributed by atoms with van der Waals surface area (Å²) in [7, 11) is 0.